The molecular formula is C13H24N4O2. The van der Waals surface area contributed by atoms with E-state index in [1.807, 2.05) is 46.1 Å². The van der Waals surface area contributed by atoms with Gasteiger partial charge in [0.1, 0.15) is 0 Å². The van der Waals surface area contributed by atoms with Crippen LogP contribution in [0.3, 0.4) is 0 Å². The summed E-state index contributed by atoms with van der Waals surface area (Å²) in [7, 11) is 6.01. The molecule has 0 aromatic carbocycles. The first-order chi connectivity index (χ1) is 8.89. The van der Waals surface area contributed by atoms with Crippen LogP contribution >= 0.6 is 0 Å². The van der Waals surface area contributed by atoms with Crippen molar-refractivity contribution in [3.63, 3.8) is 0 Å². The van der Waals surface area contributed by atoms with Crippen molar-refractivity contribution in [3.8, 4) is 0 Å². The molecule has 1 aliphatic heterocycles. The van der Waals surface area contributed by atoms with Gasteiger partial charge in [-0.1, -0.05) is 0 Å². The van der Waals surface area contributed by atoms with Gasteiger partial charge >= 0.3 is 0 Å². The molecule has 6 heteroatoms. The first kappa shape index (κ1) is 14.3. The fourth-order valence-electron chi connectivity index (χ4n) is 2.24. The zero-order valence-electron chi connectivity index (χ0n) is 12.4. The summed E-state index contributed by atoms with van der Waals surface area (Å²) < 4.78 is 13.4. The normalized spacial score (nSPS) is 21.8. The highest BCUT2D eigenvalue weighted by Crippen LogP contribution is 2.21. The van der Waals surface area contributed by atoms with Crippen LogP contribution in [-0.4, -0.2) is 48.7 Å². The minimum absolute atomic E-state index is 0.122. The second kappa shape index (κ2) is 5.48. The van der Waals surface area contributed by atoms with Crippen LogP contribution < -0.4 is 10.2 Å². The lowest BCUT2D eigenvalue weighted by Crippen LogP contribution is -2.30. The lowest BCUT2D eigenvalue weighted by molar-refractivity contribution is -0.137. The molecule has 0 spiro atoms. The third-order valence-electron chi connectivity index (χ3n) is 3.21. The average molecular weight is 268 g/mol. The Kier molecular flexibility index (Phi) is 4.13. The topological polar surface area (TPSA) is 51.6 Å². The predicted octanol–water partition coefficient (Wildman–Crippen LogP) is 0.727. The monoisotopic (exact) mass is 268 g/mol. The summed E-state index contributed by atoms with van der Waals surface area (Å²) in [5.74, 6) is 0.509. The second-order valence-corrected chi connectivity index (χ2v) is 5.58. The van der Waals surface area contributed by atoms with Crippen molar-refractivity contribution in [3.05, 3.63) is 11.9 Å². The summed E-state index contributed by atoms with van der Waals surface area (Å²) in [6.45, 7) is 6.09. The summed E-state index contributed by atoms with van der Waals surface area (Å²) in [4.78, 5) is 6.38. The van der Waals surface area contributed by atoms with Crippen LogP contribution in [0, 0.1) is 0 Å². The van der Waals surface area contributed by atoms with E-state index in [2.05, 4.69) is 14.9 Å². The van der Waals surface area contributed by atoms with Gasteiger partial charge in [-0.15, -0.1) is 0 Å². The molecule has 2 heterocycles. The van der Waals surface area contributed by atoms with Gasteiger partial charge in [0, 0.05) is 34.2 Å². The van der Waals surface area contributed by atoms with E-state index in [1.165, 1.54) is 0 Å². The van der Waals surface area contributed by atoms with Crippen molar-refractivity contribution in [1.82, 2.24) is 14.9 Å². The van der Waals surface area contributed by atoms with Gasteiger partial charge in [0.05, 0.1) is 24.6 Å². The molecule has 1 fully saturated rings. The minimum Gasteiger partial charge on any atom is -0.348 e. The Morgan fingerprint density at radius 2 is 2.26 bits per heavy atom. The van der Waals surface area contributed by atoms with Crippen LogP contribution in [-0.2, 0) is 23.1 Å². The summed E-state index contributed by atoms with van der Waals surface area (Å²) in [6, 6.07) is 0. The summed E-state index contributed by atoms with van der Waals surface area (Å²) >= 11 is 0. The molecule has 0 aliphatic carbocycles. The standard InChI is InChI=1S/C13H24N4O2/c1-13(2)18-9-11(19-13)8-14-6-10-7-15-12(16(3)4)17(10)5/h7,11,14H,6,8-9H2,1-5H3. The highest BCUT2D eigenvalue weighted by atomic mass is 16.7. The first-order valence-electron chi connectivity index (χ1n) is 6.59. The number of nitrogens with zero attached hydrogens (tertiary/aromatic N) is 3. The number of hydrogen-bond acceptors (Lipinski definition) is 5. The van der Waals surface area contributed by atoms with E-state index in [-0.39, 0.29) is 6.10 Å². The Bertz CT molecular complexity index is 428. The van der Waals surface area contributed by atoms with E-state index in [0.29, 0.717) is 6.61 Å². The molecule has 1 saturated heterocycles. The van der Waals surface area contributed by atoms with Gasteiger partial charge in [-0.3, -0.25) is 0 Å². The molecule has 19 heavy (non-hydrogen) atoms. The smallest absolute Gasteiger partial charge is 0.204 e. The molecule has 1 aromatic heterocycles. The number of nitrogens with one attached hydrogen (secondary N) is 1. The molecule has 0 radical (unpaired) electrons. The van der Waals surface area contributed by atoms with E-state index < -0.39 is 5.79 Å². The number of imidazole rings is 1. The zero-order chi connectivity index (χ0) is 14.0. The Balaban J connectivity index is 1.80. The van der Waals surface area contributed by atoms with Crippen molar-refractivity contribution in [1.29, 1.82) is 0 Å². The molecule has 108 valence electrons. The van der Waals surface area contributed by atoms with E-state index in [1.54, 1.807) is 0 Å². The molecule has 0 bridgehead atoms. The van der Waals surface area contributed by atoms with Gasteiger partial charge < -0.3 is 24.3 Å². The van der Waals surface area contributed by atoms with Crippen LogP contribution in [0.15, 0.2) is 6.20 Å². The highest BCUT2D eigenvalue weighted by Gasteiger charge is 2.32. The Hall–Kier alpha value is -1.11. The predicted molar refractivity (Wildman–Crippen MR) is 74.1 cm³/mol. The van der Waals surface area contributed by atoms with E-state index in [4.69, 9.17) is 9.47 Å². The maximum absolute atomic E-state index is 5.75. The van der Waals surface area contributed by atoms with Gasteiger partial charge in [0.15, 0.2) is 5.79 Å². The SMILES string of the molecule is CN(C)c1ncc(CNCC2COC(C)(C)O2)n1C. The molecule has 1 atom stereocenters. The van der Waals surface area contributed by atoms with Gasteiger partial charge in [0.25, 0.3) is 0 Å². The third-order valence-corrected chi connectivity index (χ3v) is 3.21. The molecule has 0 saturated carbocycles. The van der Waals surface area contributed by atoms with Gasteiger partial charge in [-0.2, -0.15) is 0 Å². The lowest BCUT2D eigenvalue weighted by atomic mass is 10.3. The molecule has 1 aromatic rings. The molecular weight excluding hydrogens is 244 g/mol. The Labute approximate surface area is 114 Å². The van der Waals surface area contributed by atoms with E-state index >= 15 is 0 Å². The summed E-state index contributed by atoms with van der Waals surface area (Å²) in [6.07, 6.45) is 2.02. The largest absolute Gasteiger partial charge is 0.348 e. The highest BCUT2D eigenvalue weighted by molar-refractivity contribution is 5.30. The summed E-state index contributed by atoms with van der Waals surface area (Å²) in [5, 5.41) is 3.39. The van der Waals surface area contributed by atoms with Crippen molar-refractivity contribution in [2.24, 2.45) is 7.05 Å². The number of anilines is 1. The van der Waals surface area contributed by atoms with Crippen molar-refractivity contribution in [2.75, 3.05) is 32.1 Å². The lowest BCUT2D eigenvalue weighted by Gasteiger charge is -2.17. The molecule has 1 N–H and O–H groups in total. The maximum atomic E-state index is 5.75. The average Bonchev–Trinajstić information content (AvgIpc) is 2.83. The Morgan fingerprint density at radius 1 is 1.53 bits per heavy atom. The van der Waals surface area contributed by atoms with Crippen molar-refractivity contribution in [2.45, 2.75) is 32.3 Å². The number of hydrogen-bond donors (Lipinski definition) is 1. The molecule has 0 amide bonds. The van der Waals surface area contributed by atoms with Crippen molar-refractivity contribution < 1.29 is 9.47 Å². The van der Waals surface area contributed by atoms with Crippen LogP contribution in [0.4, 0.5) is 5.95 Å². The van der Waals surface area contributed by atoms with Crippen LogP contribution in [0.25, 0.3) is 0 Å². The Morgan fingerprint density at radius 3 is 2.79 bits per heavy atom. The van der Waals surface area contributed by atoms with Crippen LogP contribution in [0.2, 0.25) is 0 Å². The van der Waals surface area contributed by atoms with Gasteiger partial charge in [-0.05, 0) is 13.8 Å². The second-order valence-electron chi connectivity index (χ2n) is 5.58. The molecule has 1 unspecified atom stereocenters. The van der Waals surface area contributed by atoms with Gasteiger partial charge in [0.2, 0.25) is 5.95 Å². The minimum atomic E-state index is -0.447. The number of ether oxygens (including phenoxy) is 2. The molecule has 2 rings (SSSR count). The van der Waals surface area contributed by atoms with E-state index in [9.17, 15) is 0 Å². The van der Waals surface area contributed by atoms with Gasteiger partial charge in [-0.25, -0.2) is 4.98 Å². The fourth-order valence-corrected chi connectivity index (χ4v) is 2.24. The number of aromatic nitrogens is 2. The summed E-state index contributed by atoms with van der Waals surface area (Å²) in [5.41, 5.74) is 1.15. The van der Waals surface area contributed by atoms with E-state index in [0.717, 1.165) is 24.7 Å². The van der Waals surface area contributed by atoms with Crippen LogP contribution in [0.5, 0.6) is 0 Å². The number of rotatable bonds is 5. The van der Waals surface area contributed by atoms with Crippen LogP contribution in [0.1, 0.15) is 19.5 Å². The zero-order valence-corrected chi connectivity index (χ0v) is 12.4. The fraction of sp³-hybridized carbons (Fsp3) is 0.769. The molecule has 6 nitrogen and oxygen atoms in total. The first-order valence-corrected chi connectivity index (χ1v) is 6.59. The third kappa shape index (κ3) is 3.46. The van der Waals surface area contributed by atoms with Crippen molar-refractivity contribution >= 4 is 5.95 Å². The quantitative estimate of drug-likeness (QED) is 0.853. The maximum Gasteiger partial charge on any atom is 0.204 e. The molecule has 1 aliphatic rings.